The predicted molar refractivity (Wildman–Crippen MR) is 69.0 cm³/mol. The molecule has 3 heterocycles. The molecule has 2 saturated heterocycles. The molecule has 0 bridgehead atoms. The van der Waals surface area contributed by atoms with Crippen LogP contribution in [0.1, 0.15) is 23.2 Å². The average molecular weight is 266 g/mol. The minimum Gasteiger partial charge on any atom is -0.465 e. The van der Waals surface area contributed by atoms with Crippen molar-refractivity contribution < 1.29 is 14.1 Å². The van der Waals surface area contributed by atoms with Gasteiger partial charge in [0.2, 0.25) is 5.88 Å². The van der Waals surface area contributed by atoms with Crippen molar-refractivity contribution >= 4 is 17.7 Å². The summed E-state index contributed by atoms with van der Waals surface area (Å²) in [7, 11) is 1.32. The number of ether oxygens (including phenoxy) is 1. The zero-order valence-corrected chi connectivity index (χ0v) is 10.9. The van der Waals surface area contributed by atoms with Crippen molar-refractivity contribution in [3.8, 4) is 0 Å². The molecular weight excluding hydrogens is 248 g/mol. The first-order chi connectivity index (χ1) is 9.20. The van der Waals surface area contributed by atoms with Gasteiger partial charge in [0.05, 0.1) is 7.11 Å². The molecule has 3 N–H and O–H groups in total. The summed E-state index contributed by atoms with van der Waals surface area (Å²) >= 11 is 0. The number of piperidine rings is 1. The first-order valence-electron chi connectivity index (χ1n) is 6.52. The summed E-state index contributed by atoms with van der Waals surface area (Å²) in [6.45, 7) is 2.74. The number of nitrogens with one attached hydrogen (secondary N) is 1. The van der Waals surface area contributed by atoms with Crippen molar-refractivity contribution in [1.29, 1.82) is 0 Å². The number of carbonyl (C=O) groups excluding carboxylic acids is 1. The van der Waals surface area contributed by atoms with Crippen LogP contribution < -0.4 is 16.0 Å². The third-order valence-corrected chi connectivity index (χ3v) is 3.99. The van der Waals surface area contributed by atoms with Crippen LogP contribution >= 0.6 is 0 Å². The Kier molecular flexibility index (Phi) is 3.06. The largest absolute Gasteiger partial charge is 0.465 e. The van der Waals surface area contributed by atoms with E-state index in [1.54, 1.807) is 0 Å². The highest BCUT2D eigenvalue weighted by Crippen LogP contribution is 2.32. The number of carbonyl (C=O) groups is 1. The molecule has 2 aliphatic heterocycles. The van der Waals surface area contributed by atoms with Crippen LogP contribution in [0.4, 0.5) is 11.7 Å². The van der Waals surface area contributed by atoms with E-state index in [2.05, 4.69) is 15.4 Å². The fourth-order valence-electron chi connectivity index (χ4n) is 3.02. The van der Waals surface area contributed by atoms with Crippen molar-refractivity contribution in [2.75, 3.05) is 37.4 Å². The molecule has 2 unspecified atom stereocenters. The molecule has 2 atom stereocenters. The Balaban J connectivity index is 1.85. The Morgan fingerprint density at radius 1 is 1.58 bits per heavy atom. The minimum atomic E-state index is -0.503. The van der Waals surface area contributed by atoms with Gasteiger partial charge < -0.3 is 25.2 Å². The van der Waals surface area contributed by atoms with Gasteiger partial charge >= 0.3 is 5.97 Å². The third kappa shape index (κ3) is 2.03. The molecular formula is C12H18N4O3. The molecule has 19 heavy (non-hydrogen) atoms. The van der Waals surface area contributed by atoms with Crippen molar-refractivity contribution in [3.63, 3.8) is 0 Å². The van der Waals surface area contributed by atoms with E-state index in [-0.39, 0.29) is 11.4 Å². The van der Waals surface area contributed by atoms with E-state index < -0.39 is 5.97 Å². The Morgan fingerprint density at radius 3 is 3.16 bits per heavy atom. The van der Waals surface area contributed by atoms with E-state index in [4.69, 9.17) is 15.0 Å². The summed E-state index contributed by atoms with van der Waals surface area (Å²) in [5.41, 5.74) is 5.90. The van der Waals surface area contributed by atoms with Gasteiger partial charge in [-0.25, -0.2) is 4.79 Å². The van der Waals surface area contributed by atoms with Crippen LogP contribution in [0, 0.1) is 5.92 Å². The van der Waals surface area contributed by atoms with Crippen LogP contribution in [0.25, 0.3) is 0 Å². The number of hydrogen-bond acceptors (Lipinski definition) is 7. The first-order valence-corrected chi connectivity index (χ1v) is 6.52. The standard InChI is InChI=1S/C12H18N4O3/c1-18-12(17)9-10(13)19-15-11(9)16-5-7-3-2-4-14-8(7)6-16/h7-8,14H,2-6,13H2,1H3. The van der Waals surface area contributed by atoms with Gasteiger partial charge in [-0.05, 0) is 25.3 Å². The van der Waals surface area contributed by atoms with E-state index >= 15 is 0 Å². The Hall–Kier alpha value is -1.76. The highest BCUT2D eigenvalue weighted by Gasteiger charge is 2.38. The van der Waals surface area contributed by atoms with E-state index in [1.165, 1.54) is 20.0 Å². The molecule has 1 aromatic rings. The van der Waals surface area contributed by atoms with Crippen molar-refractivity contribution in [2.24, 2.45) is 5.92 Å². The van der Waals surface area contributed by atoms with Crippen LogP contribution in [-0.4, -0.2) is 43.9 Å². The molecule has 0 spiro atoms. The quantitative estimate of drug-likeness (QED) is 0.740. The maximum atomic E-state index is 11.7. The molecule has 7 heteroatoms. The zero-order valence-electron chi connectivity index (χ0n) is 10.9. The number of nitrogens with two attached hydrogens (primary N) is 1. The van der Waals surface area contributed by atoms with Crippen molar-refractivity contribution in [1.82, 2.24) is 10.5 Å². The van der Waals surface area contributed by atoms with E-state index in [0.29, 0.717) is 17.8 Å². The molecule has 0 aliphatic carbocycles. The van der Waals surface area contributed by atoms with Gasteiger partial charge in [0.15, 0.2) is 11.4 Å². The maximum absolute atomic E-state index is 11.7. The number of esters is 1. The minimum absolute atomic E-state index is 0.0182. The van der Waals surface area contributed by atoms with Crippen molar-refractivity contribution in [3.05, 3.63) is 5.56 Å². The highest BCUT2D eigenvalue weighted by molar-refractivity contribution is 5.99. The van der Waals surface area contributed by atoms with Gasteiger partial charge in [-0.3, -0.25) is 0 Å². The fourth-order valence-corrected chi connectivity index (χ4v) is 3.02. The van der Waals surface area contributed by atoms with Crippen LogP contribution in [0.15, 0.2) is 4.52 Å². The third-order valence-electron chi connectivity index (χ3n) is 3.99. The number of rotatable bonds is 2. The average Bonchev–Trinajstić information content (AvgIpc) is 3.00. The molecule has 0 radical (unpaired) electrons. The highest BCUT2D eigenvalue weighted by atomic mass is 16.5. The molecule has 7 nitrogen and oxygen atoms in total. The lowest BCUT2D eigenvalue weighted by Crippen LogP contribution is -2.40. The number of anilines is 2. The molecule has 0 saturated carbocycles. The van der Waals surface area contributed by atoms with Crippen LogP contribution in [0.3, 0.4) is 0 Å². The van der Waals surface area contributed by atoms with Gasteiger partial charge in [0.25, 0.3) is 0 Å². The summed E-state index contributed by atoms with van der Waals surface area (Å²) < 4.78 is 9.68. The number of aromatic nitrogens is 1. The lowest BCUT2D eigenvalue weighted by Gasteiger charge is -2.24. The summed E-state index contributed by atoms with van der Waals surface area (Å²) in [5, 5.41) is 7.42. The summed E-state index contributed by atoms with van der Waals surface area (Å²) in [6.07, 6.45) is 2.40. The second-order valence-electron chi connectivity index (χ2n) is 5.10. The smallest absolute Gasteiger partial charge is 0.347 e. The van der Waals surface area contributed by atoms with Crippen LogP contribution in [0.2, 0.25) is 0 Å². The fraction of sp³-hybridized carbons (Fsp3) is 0.667. The second-order valence-corrected chi connectivity index (χ2v) is 5.10. The first kappa shape index (κ1) is 12.3. The Bertz CT molecular complexity index is 473. The number of methoxy groups -OCH3 is 1. The second kappa shape index (κ2) is 4.73. The van der Waals surface area contributed by atoms with Gasteiger partial charge in [0, 0.05) is 19.1 Å². The van der Waals surface area contributed by atoms with E-state index in [9.17, 15) is 4.79 Å². The molecule has 1 aromatic heterocycles. The SMILES string of the molecule is COC(=O)c1c(N2CC3CCCNC3C2)noc1N. The molecule has 104 valence electrons. The normalized spacial score (nSPS) is 26.3. The lowest BCUT2D eigenvalue weighted by molar-refractivity contribution is 0.0602. The Morgan fingerprint density at radius 2 is 2.42 bits per heavy atom. The summed E-state index contributed by atoms with van der Waals surface area (Å²) in [5.74, 6) is 0.610. The van der Waals surface area contributed by atoms with Crippen LogP contribution in [-0.2, 0) is 4.74 Å². The van der Waals surface area contributed by atoms with Crippen molar-refractivity contribution in [2.45, 2.75) is 18.9 Å². The summed E-state index contributed by atoms with van der Waals surface area (Å²) in [4.78, 5) is 13.8. The van der Waals surface area contributed by atoms with E-state index in [0.717, 1.165) is 19.6 Å². The Labute approximate surface area is 111 Å². The zero-order chi connectivity index (χ0) is 13.4. The monoisotopic (exact) mass is 266 g/mol. The maximum Gasteiger partial charge on any atom is 0.347 e. The molecule has 3 rings (SSSR count). The van der Waals surface area contributed by atoms with Gasteiger partial charge in [-0.1, -0.05) is 5.16 Å². The number of fused-ring (bicyclic) bond motifs is 1. The van der Waals surface area contributed by atoms with Gasteiger partial charge in [0.1, 0.15) is 0 Å². The number of nitrogens with zero attached hydrogens (tertiary/aromatic N) is 2. The van der Waals surface area contributed by atoms with Crippen LogP contribution in [0.5, 0.6) is 0 Å². The lowest BCUT2D eigenvalue weighted by atomic mass is 9.94. The van der Waals surface area contributed by atoms with E-state index in [1.807, 2.05) is 0 Å². The predicted octanol–water partition coefficient (Wildman–Crippen LogP) is 0.232. The van der Waals surface area contributed by atoms with Gasteiger partial charge in [-0.15, -0.1) is 0 Å². The molecule has 2 aliphatic rings. The van der Waals surface area contributed by atoms with Gasteiger partial charge in [-0.2, -0.15) is 0 Å². The summed E-state index contributed by atoms with van der Waals surface area (Å²) in [6, 6.07) is 0.456. The topological polar surface area (TPSA) is 93.6 Å². The molecule has 0 amide bonds. The molecule has 0 aromatic carbocycles. The molecule has 2 fully saturated rings. The number of nitrogen functional groups attached to an aromatic ring is 1. The number of hydrogen-bond donors (Lipinski definition) is 2.